The van der Waals surface area contributed by atoms with Gasteiger partial charge in [0.1, 0.15) is 0 Å². The predicted molar refractivity (Wildman–Crippen MR) is 40.5 cm³/mol. The van der Waals surface area contributed by atoms with Crippen molar-refractivity contribution in [2.24, 2.45) is 0 Å². The lowest BCUT2D eigenvalue weighted by Gasteiger charge is -2.03. The van der Waals surface area contributed by atoms with Crippen LogP contribution in [0.5, 0.6) is 0 Å². The van der Waals surface area contributed by atoms with Crippen LogP contribution in [-0.4, -0.2) is 18.7 Å². The highest BCUT2D eigenvalue weighted by Crippen LogP contribution is 1.95. The summed E-state index contributed by atoms with van der Waals surface area (Å²) in [7, 11) is 0. The van der Waals surface area contributed by atoms with Crippen LogP contribution in [0.4, 0.5) is 0 Å². The zero-order valence-electron chi connectivity index (χ0n) is 6.92. The summed E-state index contributed by atoms with van der Waals surface area (Å²) in [6.45, 7) is 6.70. The average molecular weight is 157 g/mol. The van der Waals surface area contributed by atoms with Gasteiger partial charge in [-0.05, 0) is 13.8 Å². The Labute approximate surface area is 66.7 Å². The molecule has 0 bridgehead atoms. The molecule has 0 N–H and O–H groups in total. The van der Waals surface area contributed by atoms with Gasteiger partial charge < -0.3 is 4.74 Å². The molecule has 0 aromatic carbocycles. The molecule has 1 radical (unpaired) electrons. The van der Waals surface area contributed by atoms with E-state index >= 15 is 0 Å². The van der Waals surface area contributed by atoms with E-state index in [0.29, 0.717) is 12.0 Å². The van der Waals surface area contributed by atoms with Gasteiger partial charge in [-0.2, -0.15) is 0 Å². The molecule has 0 aliphatic rings. The van der Waals surface area contributed by atoms with E-state index in [1.165, 1.54) is 6.92 Å². The van der Waals surface area contributed by atoms with Crippen LogP contribution in [0.1, 0.15) is 20.3 Å². The van der Waals surface area contributed by atoms with Gasteiger partial charge in [0, 0.05) is 12.0 Å². The van der Waals surface area contributed by atoms with Gasteiger partial charge in [-0.15, -0.1) is 0 Å². The van der Waals surface area contributed by atoms with Crippen LogP contribution in [0.2, 0.25) is 0 Å². The van der Waals surface area contributed by atoms with Crippen molar-refractivity contribution in [3.63, 3.8) is 0 Å². The average Bonchev–Trinajstić information content (AvgIpc) is 1.86. The highest BCUT2D eigenvalue weighted by molar-refractivity contribution is 5.86. The minimum absolute atomic E-state index is 0.191. The number of esters is 1. The second-order valence-corrected chi connectivity index (χ2v) is 2.52. The van der Waals surface area contributed by atoms with Crippen LogP contribution in [0.3, 0.4) is 0 Å². The molecule has 0 spiro atoms. The van der Waals surface area contributed by atoms with Crippen molar-refractivity contribution >= 4 is 5.97 Å². The van der Waals surface area contributed by atoms with Gasteiger partial charge in [0.2, 0.25) is 0 Å². The second-order valence-electron chi connectivity index (χ2n) is 2.52. The fourth-order valence-corrected chi connectivity index (χ4v) is 0.441. The first kappa shape index (κ1) is 10.2. The maximum Gasteiger partial charge on any atom is 0.333 e. The minimum atomic E-state index is -0.673. The third kappa shape index (κ3) is 5.61. The SMILES string of the molecule is C=C(C)C(=O)OCCC(C)[O]. The molecule has 0 saturated heterocycles. The first-order valence-corrected chi connectivity index (χ1v) is 3.52. The molecular weight excluding hydrogens is 144 g/mol. The van der Waals surface area contributed by atoms with E-state index in [-0.39, 0.29) is 6.61 Å². The highest BCUT2D eigenvalue weighted by Gasteiger charge is 2.03. The smallest absolute Gasteiger partial charge is 0.333 e. The fraction of sp³-hybridized carbons (Fsp3) is 0.625. The summed E-state index contributed by atoms with van der Waals surface area (Å²) in [5, 5.41) is 10.5. The number of carbonyl (C=O) groups excluding carboxylic acids is 1. The Balaban J connectivity index is 3.40. The van der Waals surface area contributed by atoms with Gasteiger partial charge in [0.25, 0.3) is 0 Å². The van der Waals surface area contributed by atoms with Gasteiger partial charge in [-0.1, -0.05) is 6.58 Å². The van der Waals surface area contributed by atoms with E-state index < -0.39 is 12.1 Å². The molecule has 0 heterocycles. The van der Waals surface area contributed by atoms with Crippen LogP contribution >= 0.6 is 0 Å². The first-order valence-electron chi connectivity index (χ1n) is 3.52. The van der Waals surface area contributed by atoms with Crippen molar-refractivity contribution in [1.82, 2.24) is 0 Å². The highest BCUT2D eigenvalue weighted by atomic mass is 16.5. The third-order valence-corrected chi connectivity index (χ3v) is 1.11. The summed E-state index contributed by atoms with van der Waals surface area (Å²) in [6, 6.07) is 0. The molecule has 0 saturated carbocycles. The van der Waals surface area contributed by atoms with Crippen LogP contribution < -0.4 is 0 Å². The molecule has 0 rings (SSSR count). The van der Waals surface area contributed by atoms with Crippen molar-refractivity contribution in [2.75, 3.05) is 6.61 Å². The lowest BCUT2D eigenvalue weighted by molar-refractivity contribution is -0.139. The molecule has 0 amide bonds. The lowest BCUT2D eigenvalue weighted by atomic mass is 10.3. The van der Waals surface area contributed by atoms with E-state index in [2.05, 4.69) is 11.3 Å². The molecule has 0 fully saturated rings. The van der Waals surface area contributed by atoms with Gasteiger partial charge in [-0.25, -0.2) is 9.90 Å². The van der Waals surface area contributed by atoms with Crippen LogP contribution in [-0.2, 0) is 14.6 Å². The maximum atomic E-state index is 10.7. The summed E-state index contributed by atoms with van der Waals surface area (Å²) in [6.07, 6.45) is -0.313. The van der Waals surface area contributed by atoms with E-state index in [1.54, 1.807) is 6.92 Å². The Morgan fingerprint density at radius 2 is 2.18 bits per heavy atom. The van der Waals surface area contributed by atoms with Crippen molar-refractivity contribution in [2.45, 2.75) is 26.4 Å². The minimum Gasteiger partial charge on any atom is -0.462 e. The summed E-state index contributed by atoms with van der Waals surface area (Å²) in [4.78, 5) is 10.7. The fourth-order valence-electron chi connectivity index (χ4n) is 0.441. The van der Waals surface area contributed by atoms with Crippen molar-refractivity contribution in [3.05, 3.63) is 12.2 Å². The number of hydrogen-bond donors (Lipinski definition) is 0. The standard InChI is InChI=1S/C8H13O3/c1-6(2)8(10)11-5-4-7(3)9/h7H,1,4-5H2,2-3H3. The van der Waals surface area contributed by atoms with Gasteiger partial charge >= 0.3 is 5.97 Å². The van der Waals surface area contributed by atoms with Crippen molar-refractivity contribution in [3.8, 4) is 0 Å². The number of carbonyl (C=O) groups is 1. The number of ether oxygens (including phenoxy) is 1. The Bertz CT molecular complexity index is 149. The van der Waals surface area contributed by atoms with Crippen molar-refractivity contribution in [1.29, 1.82) is 0 Å². The lowest BCUT2D eigenvalue weighted by Crippen LogP contribution is -2.10. The normalized spacial score (nSPS) is 12.3. The summed E-state index contributed by atoms with van der Waals surface area (Å²) < 4.78 is 4.68. The monoisotopic (exact) mass is 157 g/mol. The van der Waals surface area contributed by atoms with Gasteiger partial charge in [-0.3, -0.25) is 0 Å². The topological polar surface area (TPSA) is 46.2 Å². The van der Waals surface area contributed by atoms with E-state index in [1.807, 2.05) is 0 Å². The number of rotatable bonds is 4. The Morgan fingerprint density at radius 3 is 2.55 bits per heavy atom. The van der Waals surface area contributed by atoms with Gasteiger partial charge in [0.15, 0.2) is 0 Å². The summed E-state index contributed by atoms with van der Waals surface area (Å²) in [5.74, 6) is -0.425. The molecular formula is C8H13O3. The molecule has 3 heteroatoms. The van der Waals surface area contributed by atoms with Gasteiger partial charge in [0.05, 0.1) is 12.7 Å². The molecule has 0 aliphatic carbocycles. The van der Waals surface area contributed by atoms with E-state index in [0.717, 1.165) is 0 Å². The van der Waals surface area contributed by atoms with E-state index in [4.69, 9.17) is 0 Å². The molecule has 3 nitrogen and oxygen atoms in total. The zero-order chi connectivity index (χ0) is 8.85. The molecule has 0 aliphatic heterocycles. The largest absolute Gasteiger partial charge is 0.462 e. The van der Waals surface area contributed by atoms with Crippen LogP contribution in [0, 0.1) is 0 Å². The maximum absolute atomic E-state index is 10.7. The van der Waals surface area contributed by atoms with E-state index in [9.17, 15) is 9.90 Å². The second kappa shape index (κ2) is 4.91. The summed E-state index contributed by atoms with van der Waals surface area (Å²) in [5.41, 5.74) is 0.364. The zero-order valence-corrected chi connectivity index (χ0v) is 6.92. The first-order chi connectivity index (χ1) is 5.04. The van der Waals surface area contributed by atoms with Crippen LogP contribution in [0.15, 0.2) is 12.2 Å². The predicted octanol–water partition coefficient (Wildman–Crippen LogP) is 1.31. The molecule has 1 atom stereocenters. The molecule has 63 valence electrons. The summed E-state index contributed by atoms with van der Waals surface area (Å²) >= 11 is 0. The quantitative estimate of drug-likeness (QED) is 0.456. The Kier molecular flexibility index (Phi) is 4.54. The Hall–Kier alpha value is -0.830. The molecule has 0 aromatic rings. The Morgan fingerprint density at radius 1 is 1.64 bits per heavy atom. The third-order valence-electron chi connectivity index (χ3n) is 1.11. The molecule has 1 unspecified atom stereocenters. The number of hydrogen-bond acceptors (Lipinski definition) is 2. The van der Waals surface area contributed by atoms with Crippen molar-refractivity contribution < 1.29 is 14.6 Å². The van der Waals surface area contributed by atoms with Crippen LogP contribution in [0.25, 0.3) is 0 Å². The molecule has 11 heavy (non-hydrogen) atoms. The molecule has 0 aromatic heterocycles.